The molecule has 124 valence electrons. The van der Waals surface area contributed by atoms with Crippen molar-refractivity contribution < 1.29 is 14.0 Å². The second kappa shape index (κ2) is 8.46. The van der Waals surface area contributed by atoms with Crippen molar-refractivity contribution in [2.24, 2.45) is 0 Å². The van der Waals surface area contributed by atoms with Crippen LogP contribution >= 0.6 is 0 Å². The van der Waals surface area contributed by atoms with Crippen LogP contribution in [-0.2, 0) is 9.59 Å². The first kappa shape index (κ1) is 17.2. The van der Waals surface area contributed by atoms with E-state index in [0.717, 1.165) is 19.3 Å². The van der Waals surface area contributed by atoms with E-state index in [9.17, 15) is 14.0 Å². The molecule has 0 bridgehead atoms. The summed E-state index contributed by atoms with van der Waals surface area (Å²) in [7, 11) is 0. The summed E-state index contributed by atoms with van der Waals surface area (Å²) in [6.45, 7) is 1.99. The van der Waals surface area contributed by atoms with Crippen LogP contribution < -0.4 is 5.32 Å². The lowest BCUT2D eigenvalue weighted by atomic mass is 9.97. The average Bonchev–Trinajstić information content (AvgIpc) is 2.52. The Balaban J connectivity index is 1.86. The van der Waals surface area contributed by atoms with E-state index in [4.69, 9.17) is 0 Å². The number of amides is 2. The molecule has 0 heterocycles. The average molecular weight is 318 g/mol. The Morgan fingerprint density at radius 2 is 2.13 bits per heavy atom. The molecule has 23 heavy (non-hydrogen) atoms. The van der Waals surface area contributed by atoms with Gasteiger partial charge in [0.2, 0.25) is 11.8 Å². The third-order valence-corrected chi connectivity index (χ3v) is 3.98. The minimum atomic E-state index is -0.407. The normalized spacial score (nSPS) is 14.1. The number of benzene rings is 1. The molecule has 0 spiro atoms. The Labute approximate surface area is 136 Å². The van der Waals surface area contributed by atoms with E-state index >= 15 is 0 Å². The number of nitrogens with zero attached hydrogens (tertiary/aromatic N) is 1. The van der Waals surface area contributed by atoms with Crippen LogP contribution in [0.3, 0.4) is 0 Å². The van der Waals surface area contributed by atoms with Gasteiger partial charge in [-0.2, -0.15) is 0 Å². The number of hydrogen-bond donors (Lipinski definition) is 1. The summed E-state index contributed by atoms with van der Waals surface area (Å²) in [5, 5.41) is 2.62. The second-order valence-corrected chi connectivity index (χ2v) is 5.86. The van der Waals surface area contributed by atoms with Gasteiger partial charge >= 0.3 is 0 Å². The zero-order chi connectivity index (χ0) is 16.7. The summed E-state index contributed by atoms with van der Waals surface area (Å²) in [6.07, 6.45) is 7.68. The number of nitrogens with one attached hydrogen (secondary N) is 1. The Hall–Kier alpha value is -2.17. The van der Waals surface area contributed by atoms with Gasteiger partial charge < -0.3 is 10.2 Å². The quantitative estimate of drug-likeness (QED) is 0.816. The minimum Gasteiger partial charge on any atom is -0.333 e. The second-order valence-electron chi connectivity index (χ2n) is 5.86. The fraction of sp³-hybridized carbons (Fsp3) is 0.444. The smallest absolute Gasteiger partial charge is 0.243 e. The van der Waals surface area contributed by atoms with E-state index in [-0.39, 0.29) is 18.4 Å². The van der Waals surface area contributed by atoms with Gasteiger partial charge in [0.25, 0.3) is 0 Å². The molecule has 1 aliphatic rings. The molecule has 1 N–H and O–H groups in total. The van der Waals surface area contributed by atoms with Crippen molar-refractivity contribution in [2.75, 3.05) is 18.4 Å². The van der Waals surface area contributed by atoms with Gasteiger partial charge in [0.15, 0.2) is 0 Å². The first-order valence-electron chi connectivity index (χ1n) is 8.03. The summed E-state index contributed by atoms with van der Waals surface area (Å²) in [6, 6.07) is 5.72. The number of anilines is 1. The van der Waals surface area contributed by atoms with Crippen molar-refractivity contribution in [3.8, 4) is 0 Å². The van der Waals surface area contributed by atoms with Crippen molar-refractivity contribution in [1.29, 1.82) is 0 Å². The summed E-state index contributed by atoms with van der Waals surface area (Å²) in [4.78, 5) is 25.3. The monoisotopic (exact) mass is 318 g/mol. The molecule has 0 aliphatic heterocycles. The van der Waals surface area contributed by atoms with Crippen molar-refractivity contribution in [1.82, 2.24) is 4.90 Å². The minimum absolute atomic E-state index is 0.0148. The first-order valence-corrected chi connectivity index (χ1v) is 8.03. The lowest BCUT2D eigenvalue weighted by molar-refractivity contribution is -0.132. The van der Waals surface area contributed by atoms with Crippen molar-refractivity contribution >= 4 is 17.5 Å². The number of halogens is 1. The largest absolute Gasteiger partial charge is 0.333 e. The summed E-state index contributed by atoms with van der Waals surface area (Å²) in [5.41, 5.74) is 1.77. The molecular formula is C18H23FN2O2. The molecule has 0 aromatic heterocycles. The molecule has 0 unspecified atom stereocenters. The van der Waals surface area contributed by atoms with Crippen molar-refractivity contribution in [3.63, 3.8) is 0 Å². The van der Waals surface area contributed by atoms with Gasteiger partial charge in [-0.15, -0.1) is 0 Å². The highest BCUT2D eigenvalue weighted by atomic mass is 19.1. The fourth-order valence-corrected chi connectivity index (χ4v) is 2.70. The zero-order valence-corrected chi connectivity index (χ0v) is 13.5. The van der Waals surface area contributed by atoms with Crippen LogP contribution in [0.1, 0.15) is 39.0 Å². The van der Waals surface area contributed by atoms with Gasteiger partial charge in [-0.05, 0) is 50.3 Å². The molecule has 0 fully saturated rings. The van der Waals surface area contributed by atoms with Gasteiger partial charge in [0, 0.05) is 19.2 Å². The summed E-state index contributed by atoms with van der Waals surface area (Å²) >= 11 is 0. The van der Waals surface area contributed by atoms with Crippen LogP contribution in [0.2, 0.25) is 0 Å². The SMILES string of the molecule is CC(=O)N(CCC1=CCCCC1)CC(=O)Nc1cccc(F)c1. The molecule has 0 atom stereocenters. The molecule has 1 aromatic rings. The number of rotatable bonds is 6. The molecule has 4 nitrogen and oxygen atoms in total. The zero-order valence-electron chi connectivity index (χ0n) is 13.5. The van der Waals surface area contributed by atoms with E-state index in [1.54, 1.807) is 6.07 Å². The van der Waals surface area contributed by atoms with Gasteiger partial charge in [-0.3, -0.25) is 9.59 Å². The van der Waals surface area contributed by atoms with Gasteiger partial charge in [-0.25, -0.2) is 4.39 Å². The van der Waals surface area contributed by atoms with Gasteiger partial charge in [-0.1, -0.05) is 17.7 Å². The van der Waals surface area contributed by atoms with Gasteiger partial charge in [0.1, 0.15) is 5.82 Å². The van der Waals surface area contributed by atoms with Crippen LogP contribution in [0.4, 0.5) is 10.1 Å². The van der Waals surface area contributed by atoms with Crippen LogP contribution in [0.25, 0.3) is 0 Å². The van der Waals surface area contributed by atoms with Gasteiger partial charge in [0.05, 0.1) is 6.54 Å². The van der Waals surface area contributed by atoms with Crippen LogP contribution in [-0.4, -0.2) is 29.8 Å². The molecule has 2 amide bonds. The third kappa shape index (κ3) is 5.85. The van der Waals surface area contributed by atoms with E-state index in [0.29, 0.717) is 12.2 Å². The molecule has 2 rings (SSSR count). The Morgan fingerprint density at radius 3 is 2.78 bits per heavy atom. The Bertz CT molecular complexity index is 598. The number of hydrogen-bond acceptors (Lipinski definition) is 2. The molecule has 0 radical (unpaired) electrons. The van der Waals surface area contributed by atoms with Crippen molar-refractivity contribution in [2.45, 2.75) is 39.0 Å². The number of carbonyl (C=O) groups excluding carboxylic acids is 2. The summed E-state index contributed by atoms with van der Waals surface area (Å²) < 4.78 is 13.1. The molecule has 1 aromatic carbocycles. The molecular weight excluding hydrogens is 295 g/mol. The van der Waals surface area contributed by atoms with E-state index in [1.165, 1.54) is 48.4 Å². The first-order chi connectivity index (χ1) is 11.0. The maximum atomic E-state index is 13.1. The molecule has 0 saturated heterocycles. The van der Waals surface area contributed by atoms with Crippen LogP contribution in [0.15, 0.2) is 35.9 Å². The van der Waals surface area contributed by atoms with E-state index in [2.05, 4.69) is 11.4 Å². The van der Waals surface area contributed by atoms with Crippen LogP contribution in [0, 0.1) is 5.82 Å². The predicted octanol–water partition coefficient (Wildman–Crippen LogP) is 3.50. The Kier molecular flexibility index (Phi) is 6.32. The van der Waals surface area contributed by atoms with E-state index in [1.807, 2.05) is 0 Å². The molecule has 1 aliphatic carbocycles. The maximum absolute atomic E-state index is 13.1. The predicted molar refractivity (Wildman–Crippen MR) is 88.5 cm³/mol. The topological polar surface area (TPSA) is 49.4 Å². The maximum Gasteiger partial charge on any atom is 0.243 e. The summed E-state index contributed by atoms with van der Waals surface area (Å²) in [5.74, 6) is -0.852. The lowest BCUT2D eigenvalue weighted by Crippen LogP contribution is -2.37. The fourth-order valence-electron chi connectivity index (χ4n) is 2.70. The number of carbonyl (C=O) groups is 2. The highest BCUT2D eigenvalue weighted by Crippen LogP contribution is 2.20. The highest BCUT2D eigenvalue weighted by molar-refractivity contribution is 5.94. The van der Waals surface area contributed by atoms with E-state index < -0.39 is 5.82 Å². The Morgan fingerprint density at radius 1 is 1.30 bits per heavy atom. The molecule has 0 saturated carbocycles. The number of allylic oxidation sites excluding steroid dienone is 1. The van der Waals surface area contributed by atoms with Crippen molar-refractivity contribution in [3.05, 3.63) is 41.7 Å². The third-order valence-electron chi connectivity index (χ3n) is 3.98. The molecule has 5 heteroatoms. The lowest BCUT2D eigenvalue weighted by Gasteiger charge is -2.22. The standard InChI is InChI=1S/C18H23FN2O2/c1-14(22)21(11-10-15-6-3-2-4-7-15)13-18(23)20-17-9-5-8-16(19)12-17/h5-6,8-9,12H,2-4,7,10-11,13H2,1H3,(H,20,23). The van der Waals surface area contributed by atoms with Crippen LogP contribution in [0.5, 0.6) is 0 Å². The highest BCUT2D eigenvalue weighted by Gasteiger charge is 2.15.